The van der Waals surface area contributed by atoms with Gasteiger partial charge < -0.3 is 10.1 Å². The molecule has 2 saturated carbocycles. The number of hydrogen-bond acceptors (Lipinski definition) is 4. The molecule has 2 aliphatic carbocycles. The molecule has 3 rings (SSSR count). The largest absolute Gasteiger partial charge is 0.473 e. The Morgan fingerprint density at radius 3 is 2.75 bits per heavy atom. The summed E-state index contributed by atoms with van der Waals surface area (Å²) in [5.41, 5.74) is 0.978. The summed E-state index contributed by atoms with van der Waals surface area (Å²) in [6, 6.07) is 0.696. The highest BCUT2D eigenvalue weighted by atomic mass is 16.5. The van der Waals surface area contributed by atoms with Crippen LogP contribution in [0.5, 0.6) is 5.88 Å². The van der Waals surface area contributed by atoms with Gasteiger partial charge >= 0.3 is 0 Å². The van der Waals surface area contributed by atoms with E-state index in [4.69, 9.17) is 4.74 Å². The molecule has 0 spiro atoms. The summed E-state index contributed by atoms with van der Waals surface area (Å²) in [5, 5.41) is 3.46. The molecule has 1 heterocycles. The molecule has 3 unspecified atom stereocenters. The third-order valence-electron chi connectivity index (χ3n) is 4.65. The van der Waals surface area contributed by atoms with Crippen LogP contribution in [0.1, 0.15) is 51.6 Å². The lowest BCUT2D eigenvalue weighted by Gasteiger charge is -2.31. The number of rotatable bonds is 5. The van der Waals surface area contributed by atoms with Crippen molar-refractivity contribution in [1.82, 2.24) is 15.3 Å². The average molecular weight is 275 g/mol. The Balaban J connectivity index is 1.54. The van der Waals surface area contributed by atoms with Gasteiger partial charge in [0.25, 0.3) is 0 Å². The molecule has 1 aromatic rings. The molecule has 0 aromatic carbocycles. The normalized spacial score (nSPS) is 30.2. The minimum atomic E-state index is 0.308. The molecule has 2 aliphatic rings. The van der Waals surface area contributed by atoms with Crippen molar-refractivity contribution < 1.29 is 4.74 Å². The van der Waals surface area contributed by atoms with Crippen molar-refractivity contribution in [2.45, 2.75) is 64.6 Å². The van der Waals surface area contributed by atoms with Gasteiger partial charge in [0.2, 0.25) is 5.88 Å². The van der Waals surface area contributed by atoms with Gasteiger partial charge in [0, 0.05) is 18.8 Å². The van der Waals surface area contributed by atoms with Gasteiger partial charge in [-0.25, -0.2) is 4.98 Å². The van der Waals surface area contributed by atoms with Gasteiger partial charge in [0.15, 0.2) is 0 Å². The van der Waals surface area contributed by atoms with E-state index in [9.17, 15) is 0 Å². The minimum Gasteiger partial charge on any atom is -0.473 e. The molecule has 1 N–H and O–H groups in total. The Hall–Kier alpha value is -1.16. The number of ether oxygens (including phenoxy) is 1. The number of aromatic nitrogens is 2. The first-order valence-corrected chi connectivity index (χ1v) is 7.91. The third kappa shape index (κ3) is 3.69. The standard InChI is InChI=1S/C16H25N3O/c1-11-3-6-15(7-12(11)2)20-16-10-17-8-14(19-16)9-18-13-4-5-13/h8,10-13,15,18H,3-7,9H2,1-2H3. The van der Waals surface area contributed by atoms with E-state index in [1.807, 2.05) is 6.20 Å². The van der Waals surface area contributed by atoms with Gasteiger partial charge in [-0.05, 0) is 43.9 Å². The molecule has 2 fully saturated rings. The quantitative estimate of drug-likeness (QED) is 0.897. The van der Waals surface area contributed by atoms with Crippen LogP contribution in [0.3, 0.4) is 0 Å². The van der Waals surface area contributed by atoms with E-state index in [-0.39, 0.29) is 0 Å². The van der Waals surface area contributed by atoms with Crippen LogP contribution in [0.2, 0.25) is 0 Å². The molecule has 4 heteroatoms. The van der Waals surface area contributed by atoms with Gasteiger partial charge in [-0.15, -0.1) is 0 Å². The Kier molecular flexibility index (Phi) is 4.20. The van der Waals surface area contributed by atoms with Crippen LogP contribution >= 0.6 is 0 Å². The summed E-state index contributed by atoms with van der Waals surface area (Å²) >= 11 is 0. The number of nitrogens with one attached hydrogen (secondary N) is 1. The Morgan fingerprint density at radius 1 is 1.15 bits per heavy atom. The molecule has 0 amide bonds. The number of hydrogen-bond donors (Lipinski definition) is 1. The minimum absolute atomic E-state index is 0.308. The maximum Gasteiger partial charge on any atom is 0.232 e. The Morgan fingerprint density at radius 2 is 2.00 bits per heavy atom. The van der Waals surface area contributed by atoms with Crippen LogP contribution in [0.4, 0.5) is 0 Å². The lowest BCUT2D eigenvalue weighted by Crippen LogP contribution is -2.29. The molecular weight excluding hydrogens is 250 g/mol. The van der Waals surface area contributed by atoms with Crippen molar-refractivity contribution in [2.75, 3.05) is 0 Å². The van der Waals surface area contributed by atoms with Gasteiger partial charge in [0.05, 0.1) is 11.9 Å². The van der Waals surface area contributed by atoms with Crippen molar-refractivity contribution in [3.05, 3.63) is 18.1 Å². The van der Waals surface area contributed by atoms with Crippen molar-refractivity contribution in [2.24, 2.45) is 11.8 Å². The zero-order valence-electron chi connectivity index (χ0n) is 12.5. The van der Waals surface area contributed by atoms with Crippen LogP contribution < -0.4 is 10.1 Å². The summed E-state index contributed by atoms with van der Waals surface area (Å²) in [6.07, 6.45) is 9.98. The van der Waals surface area contributed by atoms with E-state index in [1.54, 1.807) is 6.20 Å². The predicted octanol–water partition coefficient (Wildman–Crippen LogP) is 2.93. The van der Waals surface area contributed by atoms with Gasteiger partial charge in [-0.3, -0.25) is 4.98 Å². The van der Waals surface area contributed by atoms with Crippen LogP contribution in [-0.2, 0) is 6.54 Å². The highest BCUT2D eigenvalue weighted by molar-refractivity contribution is 5.09. The van der Waals surface area contributed by atoms with E-state index in [1.165, 1.54) is 19.3 Å². The highest BCUT2D eigenvalue weighted by Gasteiger charge is 2.26. The fraction of sp³-hybridized carbons (Fsp3) is 0.750. The van der Waals surface area contributed by atoms with E-state index in [2.05, 4.69) is 29.1 Å². The predicted molar refractivity (Wildman–Crippen MR) is 78.5 cm³/mol. The highest BCUT2D eigenvalue weighted by Crippen LogP contribution is 2.31. The van der Waals surface area contributed by atoms with E-state index in [0.717, 1.165) is 36.9 Å². The Bertz CT molecular complexity index is 447. The molecule has 0 saturated heterocycles. The maximum atomic E-state index is 6.04. The lowest BCUT2D eigenvalue weighted by atomic mass is 9.80. The Labute approximate surface area is 121 Å². The fourth-order valence-electron chi connectivity index (χ4n) is 2.84. The second kappa shape index (κ2) is 6.08. The molecular formula is C16H25N3O. The van der Waals surface area contributed by atoms with E-state index < -0.39 is 0 Å². The first-order valence-electron chi connectivity index (χ1n) is 7.91. The molecule has 1 aromatic heterocycles. The zero-order chi connectivity index (χ0) is 13.9. The fourth-order valence-corrected chi connectivity index (χ4v) is 2.84. The van der Waals surface area contributed by atoms with Crippen molar-refractivity contribution in [1.29, 1.82) is 0 Å². The van der Waals surface area contributed by atoms with Crippen LogP contribution in [0.15, 0.2) is 12.4 Å². The molecule has 3 atom stereocenters. The lowest BCUT2D eigenvalue weighted by molar-refractivity contribution is 0.0958. The topological polar surface area (TPSA) is 47.0 Å². The molecule has 0 bridgehead atoms. The van der Waals surface area contributed by atoms with Crippen LogP contribution in [0, 0.1) is 11.8 Å². The maximum absolute atomic E-state index is 6.04. The summed E-state index contributed by atoms with van der Waals surface area (Å²) in [4.78, 5) is 8.82. The molecule has 110 valence electrons. The molecule has 20 heavy (non-hydrogen) atoms. The summed E-state index contributed by atoms with van der Waals surface area (Å²) in [5.74, 6) is 2.24. The second-order valence-electron chi connectivity index (χ2n) is 6.51. The molecule has 0 radical (unpaired) electrons. The smallest absolute Gasteiger partial charge is 0.232 e. The van der Waals surface area contributed by atoms with E-state index >= 15 is 0 Å². The van der Waals surface area contributed by atoms with Crippen molar-refractivity contribution in [3.63, 3.8) is 0 Å². The SMILES string of the molecule is CC1CCC(Oc2cncc(CNC3CC3)n2)CC1C. The first-order chi connectivity index (χ1) is 9.70. The molecule has 4 nitrogen and oxygen atoms in total. The monoisotopic (exact) mass is 275 g/mol. The van der Waals surface area contributed by atoms with Gasteiger partial charge in [-0.1, -0.05) is 13.8 Å². The number of nitrogens with zero attached hydrogens (tertiary/aromatic N) is 2. The summed E-state index contributed by atoms with van der Waals surface area (Å²) in [7, 11) is 0. The van der Waals surface area contributed by atoms with Gasteiger partial charge in [0.1, 0.15) is 6.10 Å². The van der Waals surface area contributed by atoms with Crippen molar-refractivity contribution in [3.8, 4) is 5.88 Å². The van der Waals surface area contributed by atoms with E-state index in [0.29, 0.717) is 18.0 Å². The van der Waals surface area contributed by atoms with Crippen LogP contribution in [0.25, 0.3) is 0 Å². The third-order valence-corrected chi connectivity index (χ3v) is 4.65. The molecule has 0 aliphatic heterocycles. The van der Waals surface area contributed by atoms with Gasteiger partial charge in [-0.2, -0.15) is 0 Å². The summed E-state index contributed by atoms with van der Waals surface area (Å²) in [6.45, 7) is 5.46. The van der Waals surface area contributed by atoms with Crippen LogP contribution in [-0.4, -0.2) is 22.1 Å². The first kappa shape index (κ1) is 13.8. The zero-order valence-corrected chi connectivity index (χ0v) is 12.5. The second-order valence-corrected chi connectivity index (χ2v) is 6.51. The average Bonchev–Trinajstić information content (AvgIpc) is 3.25. The van der Waals surface area contributed by atoms with Crippen molar-refractivity contribution >= 4 is 0 Å². The summed E-state index contributed by atoms with van der Waals surface area (Å²) < 4.78 is 6.04.